The van der Waals surface area contributed by atoms with Crippen LogP contribution in [0.2, 0.25) is 0 Å². The number of nitrogens with zero attached hydrogens (tertiary/aromatic N) is 3. The van der Waals surface area contributed by atoms with Crippen LogP contribution in [-0.2, 0) is 0 Å². The second kappa shape index (κ2) is 10.8. The maximum absolute atomic E-state index is 9.62. The number of nitriles is 1. The molecule has 0 amide bonds. The first-order chi connectivity index (χ1) is 16.8. The number of allylic oxidation sites excluding steroid dienone is 8. The standard InChI is InChI=1S/C30H29N3S/c31-21-25-16-17-32-22-27(25)24-11-9-10-23(20-24)26-12-3-4-13-28(26)33-18-7-1-2-8-19-34-30-15-6-5-14-29(30)33/h1-3,5-8,12,14-17,20,22-23H,4,9-11,13,18-19H2/b7-1-,8-2-. The van der Waals surface area contributed by atoms with Gasteiger partial charge in [0.15, 0.2) is 0 Å². The number of fused-ring (bicyclic) bond motifs is 1. The van der Waals surface area contributed by atoms with Gasteiger partial charge < -0.3 is 4.90 Å². The fraction of sp³-hybridized carbons (Fsp3) is 0.267. The predicted octanol–water partition coefficient (Wildman–Crippen LogP) is 7.47. The molecule has 170 valence electrons. The maximum Gasteiger partial charge on any atom is 0.0999 e. The van der Waals surface area contributed by atoms with E-state index < -0.39 is 0 Å². The number of anilines is 1. The van der Waals surface area contributed by atoms with Crippen molar-refractivity contribution in [1.29, 1.82) is 5.26 Å². The van der Waals surface area contributed by atoms with Gasteiger partial charge in [-0.25, -0.2) is 0 Å². The summed E-state index contributed by atoms with van der Waals surface area (Å²) < 4.78 is 0. The highest BCUT2D eigenvalue weighted by molar-refractivity contribution is 7.99. The second-order valence-electron chi connectivity index (χ2n) is 8.81. The summed E-state index contributed by atoms with van der Waals surface area (Å²) in [5.74, 6) is 1.32. The highest BCUT2D eigenvalue weighted by atomic mass is 32.2. The van der Waals surface area contributed by atoms with E-state index in [0.717, 1.165) is 55.5 Å². The summed E-state index contributed by atoms with van der Waals surface area (Å²) in [5.41, 5.74) is 7.12. The minimum Gasteiger partial charge on any atom is -0.340 e. The van der Waals surface area contributed by atoms with Crippen molar-refractivity contribution in [3.05, 3.63) is 108 Å². The van der Waals surface area contributed by atoms with Crippen LogP contribution in [0, 0.1) is 17.2 Å². The number of rotatable bonds is 3. The lowest BCUT2D eigenvalue weighted by Gasteiger charge is -2.34. The lowest BCUT2D eigenvalue weighted by molar-refractivity contribution is 0.608. The molecular formula is C30H29N3S. The molecule has 0 radical (unpaired) electrons. The van der Waals surface area contributed by atoms with Crippen molar-refractivity contribution in [2.45, 2.75) is 37.0 Å². The van der Waals surface area contributed by atoms with Crippen LogP contribution in [0.1, 0.15) is 43.2 Å². The minimum atomic E-state index is 0.348. The van der Waals surface area contributed by atoms with Crippen LogP contribution < -0.4 is 4.90 Å². The Morgan fingerprint density at radius 3 is 2.91 bits per heavy atom. The summed E-state index contributed by atoms with van der Waals surface area (Å²) in [6.45, 7) is 0.860. The van der Waals surface area contributed by atoms with Crippen LogP contribution in [0.5, 0.6) is 0 Å². The molecule has 3 aliphatic rings. The third kappa shape index (κ3) is 4.81. The number of para-hydroxylation sites is 1. The van der Waals surface area contributed by atoms with E-state index >= 15 is 0 Å². The quantitative estimate of drug-likeness (QED) is 0.473. The van der Waals surface area contributed by atoms with Gasteiger partial charge in [-0.05, 0) is 61.4 Å². The van der Waals surface area contributed by atoms with E-state index in [4.69, 9.17) is 0 Å². The van der Waals surface area contributed by atoms with Crippen LogP contribution in [0.4, 0.5) is 5.69 Å². The normalized spacial score (nSPS) is 22.4. The molecule has 0 N–H and O–H groups in total. The van der Waals surface area contributed by atoms with Crippen molar-refractivity contribution >= 4 is 23.0 Å². The molecule has 1 aromatic carbocycles. The van der Waals surface area contributed by atoms with Crippen LogP contribution in [-0.4, -0.2) is 17.3 Å². The van der Waals surface area contributed by atoms with Gasteiger partial charge in [0.25, 0.3) is 0 Å². The molecule has 1 aromatic heterocycles. The molecule has 0 fully saturated rings. The summed E-state index contributed by atoms with van der Waals surface area (Å²) in [6, 6.07) is 13.0. The van der Waals surface area contributed by atoms with Gasteiger partial charge in [-0.15, -0.1) is 11.8 Å². The van der Waals surface area contributed by atoms with E-state index in [0.29, 0.717) is 5.92 Å². The fourth-order valence-electron chi connectivity index (χ4n) is 5.11. The van der Waals surface area contributed by atoms with E-state index in [1.165, 1.54) is 27.4 Å². The molecule has 1 unspecified atom stereocenters. The molecule has 5 rings (SSSR count). The van der Waals surface area contributed by atoms with Gasteiger partial charge in [-0.3, -0.25) is 4.98 Å². The lowest BCUT2D eigenvalue weighted by Crippen LogP contribution is -2.27. The molecule has 1 atom stereocenters. The average Bonchev–Trinajstić information content (AvgIpc) is 2.91. The average molecular weight is 464 g/mol. The number of hydrogen-bond donors (Lipinski definition) is 0. The molecule has 2 heterocycles. The third-order valence-electron chi connectivity index (χ3n) is 6.72. The number of pyridine rings is 1. The van der Waals surface area contributed by atoms with Crippen LogP contribution >= 0.6 is 11.8 Å². The van der Waals surface area contributed by atoms with E-state index in [-0.39, 0.29) is 0 Å². The first-order valence-electron chi connectivity index (χ1n) is 12.1. The highest BCUT2D eigenvalue weighted by Crippen LogP contribution is 2.41. The highest BCUT2D eigenvalue weighted by Gasteiger charge is 2.26. The van der Waals surface area contributed by atoms with Gasteiger partial charge in [-0.1, -0.05) is 54.7 Å². The van der Waals surface area contributed by atoms with Crippen LogP contribution in [0.3, 0.4) is 0 Å². The van der Waals surface area contributed by atoms with E-state index in [9.17, 15) is 5.26 Å². The van der Waals surface area contributed by atoms with Crippen molar-refractivity contribution in [1.82, 2.24) is 4.98 Å². The molecule has 3 nitrogen and oxygen atoms in total. The van der Waals surface area contributed by atoms with Gasteiger partial charge in [-0.2, -0.15) is 5.26 Å². The van der Waals surface area contributed by atoms with Gasteiger partial charge in [0.2, 0.25) is 0 Å². The maximum atomic E-state index is 9.62. The molecule has 1 aliphatic heterocycles. The SMILES string of the molecule is N#Cc1ccncc1C1=CC(C2=C(N3C/C=C\C=C/CSc4ccccc43)CCC=C2)CCC1. The molecule has 34 heavy (non-hydrogen) atoms. The molecule has 2 aliphatic carbocycles. The second-order valence-corrected chi connectivity index (χ2v) is 9.87. The van der Waals surface area contributed by atoms with Crippen molar-refractivity contribution in [2.24, 2.45) is 5.92 Å². The first kappa shape index (κ1) is 22.5. The summed E-state index contributed by atoms with van der Waals surface area (Å²) in [4.78, 5) is 8.18. The van der Waals surface area contributed by atoms with Crippen LogP contribution in [0.15, 0.2) is 101 Å². The molecule has 2 aromatic rings. The Bertz CT molecular complexity index is 1240. The van der Waals surface area contributed by atoms with E-state index in [2.05, 4.69) is 82.8 Å². The third-order valence-corrected chi connectivity index (χ3v) is 7.73. The zero-order valence-electron chi connectivity index (χ0n) is 19.4. The summed E-state index contributed by atoms with van der Waals surface area (Å²) in [5, 5.41) is 9.62. The lowest BCUT2D eigenvalue weighted by atomic mass is 9.80. The molecule has 4 heteroatoms. The van der Waals surface area contributed by atoms with Crippen molar-refractivity contribution in [3.8, 4) is 6.07 Å². The van der Waals surface area contributed by atoms with Gasteiger partial charge in [0.05, 0.1) is 17.3 Å². The Labute approximate surface area is 206 Å². The Balaban J connectivity index is 1.58. The summed E-state index contributed by atoms with van der Waals surface area (Å²) >= 11 is 1.90. The van der Waals surface area contributed by atoms with Gasteiger partial charge >= 0.3 is 0 Å². The smallest absolute Gasteiger partial charge is 0.0999 e. The Morgan fingerprint density at radius 2 is 1.97 bits per heavy atom. The Morgan fingerprint density at radius 1 is 1.06 bits per heavy atom. The molecule has 0 saturated heterocycles. The molecule has 0 saturated carbocycles. The number of thioether (sulfide) groups is 1. The molecule has 0 bridgehead atoms. The largest absolute Gasteiger partial charge is 0.340 e. The first-order valence-corrected chi connectivity index (χ1v) is 13.1. The predicted molar refractivity (Wildman–Crippen MR) is 142 cm³/mol. The van der Waals surface area contributed by atoms with Crippen LogP contribution in [0.25, 0.3) is 5.57 Å². The van der Waals surface area contributed by atoms with Crippen molar-refractivity contribution in [2.75, 3.05) is 17.2 Å². The topological polar surface area (TPSA) is 39.9 Å². The Hall–Kier alpha value is -3.29. The number of hydrogen-bond acceptors (Lipinski definition) is 4. The molecular weight excluding hydrogens is 434 g/mol. The van der Waals surface area contributed by atoms with E-state index in [1.807, 2.05) is 24.0 Å². The number of benzene rings is 1. The number of aromatic nitrogens is 1. The van der Waals surface area contributed by atoms with Crippen molar-refractivity contribution < 1.29 is 0 Å². The van der Waals surface area contributed by atoms with E-state index in [1.54, 1.807) is 6.20 Å². The fourth-order valence-corrected chi connectivity index (χ4v) is 6.00. The van der Waals surface area contributed by atoms with Gasteiger partial charge in [0, 0.05) is 46.8 Å². The summed E-state index contributed by atoms with van der Waals surface area (Å²) in [7, 11) is 0. The Kier molecular flexibility index (Phi) is 7.12. The zero-order chi connectivity index (χ0) is 23.2. The minimum absolute atomic E-state index is 0.348. The van der Waals surface area contributed by atoms with Crippen molar-refractivity contribution in [3.63, 3.8) is 0 Å². The monoisotopic (exact) mass is 463 g/mol. The van der Waals surface area contributed by atoms with Gasteiger partial charge in [0.1, 0.15) is 0 Å². The molecule has 0 spiro atoms. The zero-order valence-corrected chi connectivity index (χ0v) is 20.2. The summed E-state index contributed by atoms with van der Waals surface area (Å²) in [6.07, 6.45) is 24.9.